The summed E-state index contributed by atoms with van der Waals surface area (Å²) in [7, 11) is 1.55. The van der Waals surface area contributed by atoms with Gasteiger partial charge in [0.2, 0.25) is 0 Å². The largest absolute Gasteiger partial charge is 0.493 e. The average molecular weight is 351 g/mol. The Labute approximate surface area is 151 Å². The molecule has 1 heterocycles. The van der Waals surface area contributed by atoms with Gasteiger partial charge < -0.3 is 14.5 Å². The van der Waals surface area contributed by atoms with Gasteiger partial charge in [-0.3, -0.25) is 4.79 Å². The number of H-pyrrole nitrogens is 1. The zero-order chi connectivity index (χ0) is 18.4. The number of methoxy groups -OCH3 is 1. The molecule has 3 rings (SSSR count). The zero-order valence-corrected chi connectivity index (χ0v) is 14.8. The number of hydrazone groups is 1. The molecule has 0 atom stereocenters. The predicted octanol–water partition coefficient (Wildman–Crippen LogP) is 3.27. The summed E-state index contributed by atoms with van der Waals surface area (Å²) in [4.78, 5) is 15.2. The van der Waals surface area contributed by atoms with Gasteiger partial charge in [0.25, 0.3) is 5.91 Å². The number of aromatic amines is 1. The van der Waals surface area contributed by atoms with Crippen molar-refractivity contribution >= 4 is 23.0 Å². The van der Waals surface area contributed by atoms with Crippen LogP contribution < -0.4 is 14.9 Å². The molecule has 6 nitrogen and oxygen atoms in total. The topological polar surface area (TPSA) is 75.7 Å². The van der Waals surface area contributed by atoms with Gasteiger partial charge in [0.1, 0.15) is 0 Å². The van der Waals surface area contributed by atoms with Crippen molar-refractivity contribution in [1.29, 1.82) is 0 Å². The molecule has 0 aliphatic rings. The van der Waals surface area contributed by atoms with E-state index in [9.17, 15) is 4.79 Å². The Hall–Kier alpha value is -3.28. The van der Waals surface area contributed by atoms with E-state index < -0.39 is 0 Å². The Balaban J connectivity index is 1.59. The molecule has 26 heavy (non-hydrogen) atoms. The van der Waals surface area contributed by atoms with Crippen molar-refractivity contribution in [2.45, 2.75) is 13.3 Å². The SMILES string of the molecule is CCc1cccc2c(/C=N/NC(=O)COc3ccccc3OC)c[nH]c12. The number of nitrogens with one attached hydrogen (secondary N) is 2. The Bertz CT molecular complexity index is 931. The molecule has 0 saturated heterocycles. The van der Waals surface area contributed by atoms with Crippen molar-refractivity contribution in [1.82, 2.24) is 10.4 Å². The first-order valence-corrected chi connectivity index (χ1v) is 8.39. The molecule has 0 aliphatic heterocycles. The van der Waals surface area contributed by atoms with Crippen molar-refractivity contribution < 1.29 is 14.3 Å². The van der Waals surface area contributed by atoms with Crippen LogP contribution in [-0.2, 0) is 11.2 Å². The van der Waals surface area contributed by atoms with E-state index >= 15 is 0 Å². The molecule has 0 saturated carbocycles. The zero-order valence-electron chi connectivity index (χ0n) is 14.8. The number of fused-ring (bicyclic) bond motifs is 1. The van der Waals surface area contributed by atoms with Gasteiger partial charge in [0.15, 0.2) is 18.1 Å². The Kier molecular flexibility index (Phi) is 5.53. The smallest absolute Gasteiger partial charge is 0.277 e. The number of benzene rings is 2. The third-order valence-electron chi connectivity index (χ3n) is 4.04. The van der Waals surface area contributed by atoms with E-state index in [0.717, 1.165) is 22.9 Å². The highest BCUT2D eigenvalue weighted by atomic mass is 16.5. The van der Waals surface area contributed by atoms with Gasteiger partial charge in [-0.15, -0.1) is 0 Å². The summed E-state index contributed by atoms with van der Waals surface area (Å²) in [5, 5.41) is 5.09. The molecule has 134 valence electrons. The van der Waals surface area contributed by atoms with E-state index in [2.05, 4.69) is 28.5 Å². The number of hydrogen-bond acceptors (Lipinski definition) is 4. The molecule has 0 fully saturated rings. The fourth-order valence-electron chi connectivity index (χ4n) is 2.73. The Morgan fingerprint density at radius 1 is 1.19 bits per heavy atom. The normalized spacial score (nSPS) is 11.0. The molecule has 2 N–H and O–H groups in total. The lowest BCUT2D eigenvalue weighted by Crippen LogP contribution is -2.24. The number of aryl methyl sites for hydroxylation is 1. The lowest BCUT2D eigenvalue weighted by atomic mass is 10.1. The van der Waals surface area contributed by atoms with Gasteiger partial charge in [-0.1, -0.05) is 37.3 Å². The molecule has 0 aliphatic carbocycles. The average Bonchev–Trinajstić information content (AvgIpc) is 3.10. The molecule has 0 radical (unpaired) electrons. The van der Waals surface area contributed by atoms with E-state index in [-0.39, 0.29) is 12.5 Å². The summed E-state index contributed by atoms with van der Waals surface area (Å²) in [6.07, 6.45) is 4.45. The first-order valence-electron chi connectivity index (χ1n) is 8.39. The number of para-hydroxylation sites is 3. The molecular formula is C20H21N3O3. The van der Waals surface area contributed by atoms with Crippen molar-refractivity contribution in [3.63, 3.8) is 0 Å². The molecule has 1 aromatic heterocycles. The van der Waals surface area contributed by atoms with Crippen LogP contribution in [0.3, 0.4) is 0 Å². The highest BCUT2D eigenvalue weighted by Crippen LogP contribution is 2.25. The van der Waals surface area contributed by atoms with Crippen molar-refractivity contribution in [3.05, 3.63) is 59.8 Å². The van der Waals surface area contributed by atoms with Gasteiger partial charge in [-0.05, 0) is 24.1 Å². The van der Waals surface area contributed by atoms with Gasteiger partial charge in [0, 0.05) is 22.7 Å². The maximum atomic E-state index is 11.9. The van der Waals surface area contributed by atoms with E-state index in [1.165, 1.54) is 5.56 Å². The minimum atomic E-state index is -0.346. The molecule has 0 spiro atoms. The minimum Gasteiger partial charge on any atom is -0.493 e. The number of hydrogen-bond donors (Lipinski definition) is 2. The fourth-order valence-corrected chi connectivity index (χ4v) is 2.73. The van der Waals surface area contributed by atoms with Crippen molar-refractivity contribution in [2.24, 2.45) is 5.10 Å². The van der Waals surface area contributed by atoms with Gasteiger partial charge in [-0.25, -0.2) is 5.43 Å². The second-order valence-corrected chi connectivity index (χ2v) is 5.67. The standard InChI is InChI=1S/C20H21N3O3/c1-3-14-7-6-8-16-15(11-21-20(14)16)12-22-23-19(24)13-26-18-10-5-4-9-17(18)25-2/h4-12,21H,3,13H2,1-2H3,(H,23,24)/b22-12+. The van der Waals surface area contributed by atoms with Crippen LogP contribution in [0.2, 0.25) is 0 Å². The first-order chi connectivity index (χ1) is 12.7. The molecule has 2 aromatic carbocycles. The van der Waals surface area contributed by atoms with Crippen LogP contribution in [0.5, 0.6) is 11.5 Å². The second kappa shape index (κ2) is 8.20. The molecule has 0 bridgehead atoms. The first kappa shape index (κ1) is 17.5. The molecule has 0 unspecified atom stereocenters. The molecule has 1 amide bonds. The summed E-state index contributed by atoms with van der Waals surface area (Å²) in [6.45, 7) is 1.97. The maximum absolute atomic E-state index is 11.9. The molecular weight excluding hydrogens is 330 g/mol. The van der Waals surface area contributed by atoms with E-state index in [1.807, 2.05) is 30.5 Å². The second-order valence-electron chi connectivity index (χ2n) is 5.67. The Morgan fingerprint density at radius 3 is 2.77 bits per heavy atom. The van der Waals surface area contributed by atoms with Crippen LogP contribution in [0, 0.1) is 0 Å². The molecule has 3 aromatic rings. The monoisotopic (exact) mass is 351 g/mol. The van der Waals surface area contributed by atoms with Crippen LogP contribution in [0.1, 0.15) is 18.1 Å². The highest BCUT2D eigenvalue weighted by molar-refractivity contribution is 6.00. The fraction of sp³-hybridized carbons (Fsp3) is 0.200. The third kappa shape index (κ3) is 3.85. The number of carbonyl (C=O) groups excluding carboxylic acids is 1. The highest BCUT2D eigenvalue weighted by Gasteiger charge is 2.07. The van der Waals surface area contributed by atoms with E-state index in [4.69, 9.17) is 9.47 Å². The van der Waals surface area contributed by atoms with Crippen LogP contribution in [-0.4, -0.2) is 30.8 Å². The van der Waals surface area contributed by atoms with E-state index in [0.29, 0.717) is 11.5 Å². The third-order valence-corrected chi connectivity index (χ3v) is 4.04. The van der Waals surface area contributed by atoms with Gasteiger partial charge >= 0.3 is 0 Å². The summed E-state index contributed by atoms with van der Waals surface area (Å²) in [6, 6.07) is 13.3. The van der Waals surface area contributed by atoms with E-state index in [1.54, 1.807) is 25.5 Å². The number of aromatic nitrogens is 1. The van der Waals surface area contributed by atoms with Crippen molar-refractivity contribution in [3.8, 4) is 11.5 Å². The number of amides is 1. The van der Waals surface area contributed by atoms with Crippen LogP contribution in [0.4, 0.5) is 0 Å². The molecule has 6 heteroatoms. The summed E-state index contributed by atoms with van der Waals surface area (Å²) in [5.41, 5.74) is 5.74. The maximum Gasteiger partial charge on any atom is 0.277 e. The van der Waals surface area contributed by atoms with Gasteiger partial charge in [-0.2, -0.15) is 5.10 Å². The lowest BCUT2D eigenvalue weighted by Gasteiger charge is -2.09. The minimum absolute atomic E-state index is 0.147. The number of carbonyl (C=O) groups is 1. The number of nitrogens with zero attached hydrogens (tertiary/aromatic N) is 1. The lowest BCUT2D eigenvalue weighted by molar-refractivity contribution is -0.123. The number of rotatable bonds is 7. The predicted molar refractivity (Wildman–Crippen MR) is 102 cm³/mol. The van der Waals surface area contributed by atoms with Crippen LogP contribution in [0.25, 0.3) is 10.9 Å². The van der Waals surface area contributed by atoms with Gasteiger partial charge in [0.05, 0.1) is 13.3 Å². The van der Waals surface area contributed by atoms with Crippen molar-refractivity contribution in [2.75, 3.05) is 13.7 Å². The number of ether oxygens (including phenoxy) is 2. The summed E-state index contributed by atoms with van der Waals surface area (Å²) >= 11 is 0. The van der Waals surface area contributed by atoms with Crippen LogP contribution in [0.15, 0.2) is 53.8 Å². The Morgan fingerprint density at radius 2 is 2.00 bits per heavy atom. The summed E-state index contributed by atoms with van der Waals surface area (Å²) < 4.78 is 10.6. The quantitative estimate of drug-likeness (QED) is 0.507. The van der Waals surface area contributed by atoms with Crippen LogP contribution >= 0.6 is 0 Å². The summed E-state index contributed by atoms with van der Waals surface area (Å²) in [5.74, 6) is 0.744.